The summed E-state index contributed by atoms with van der Waals surface area (Å²) in [7, 11) is 0. The van der Waals surface area contributed by atoms with E-state index in [4.69, 9.17) is 4.74 Å². The Bertz CT molecular complexity index is 1190. The SMILES string of the molecule is CC1(C)Cc2c(sc3nc(NN4C(=O)c5ccccc5C4=O)[nH]c(=O)c23)CO1. The summed E-state index contributed by atoms with van der Waals surface area (Å²) in [5.41, 5.74) is 3.60. The average molecular weight is 396 g/mol. The number of rotatable bonds is 2. The molecule has 142 valence electrons. The number of carbonyl (C=O) groups is 2. The van der Waals surface area contributed by atoms with Gasteiger partial charge in [-0.1, -0.05) is 12.1 Å². The zero-order valence-corrected chi connectivity index (χ0v) is 16.0. The quantitative estimate of drug-likeness (QED) is 0.645. The molecule has 9 heteroatoms. The Kier molecular flexibility index (Phi) is 3.49. The van der Waals surface area contributed by atoms with E-state index in [-0.39, 0.29) is 17.1 Å². The second-order valence-corrected chi connectivity index (χ2v) is 8.51. The summed E-state index contributed by atoms with van der Waals surface area (Å²) in [6, 6.07) is 6.57. The molecule has 0 radical (unpaired) electrons. The Hall–Kier alpha value is -3.04. The fourth-order valence-corrected chi connectivity index (χ4v) is 4.70. The molecule has 4 heterocycles. The van der Waals surface area contributed by atoms with E-state index in [2.05, 4.69) is 15.4 Å². The maximum Gasteiger partial charge on any atom is 0.280 e. The number of carbonyl (C=O) groups excluding carboxylic acids is 2. The lowest BCUT2D eigenvalue weighted by Gasteiger charge is -2.29. The molecule has 8 nitrogen and oxygen atoms in total. The van der Waals surface area contributed by atoms with E-state index in [1.165, 1.54) is 11.3 Å². The van der Waals surface area contributed by atoms with Crippen molar-refractivity contribution in [3.8, 4) is 0 Å². The van der Waals surface area contributed by atoms with Crippen molar-refractivity contribution in [3.05, 3.63) is 56.2 Å². The van der Waals surface area contributed by atoms with Gasteiger partial charge in [-0.2, -0.15) is 5.01 Å². The molecule has 2 N–H and O–H groups in total. The molecule has 5 rings (SSSR count). The molecule has 2 aromatic heterocycles. The number of imide groups is 1. The van der Waals surface area contributed by atoms with Gasteiger partial charge in [-0.15, -0.1) is 11.3 Å². The van der Waals surface area contributed by atoms with Gasteiger partial charge in [-0.3, -0.25) is 24.8 Å². The Morgan fingerprint density at radius 1 is 1.18 bits per heavy atom. The van der Waals surface area contributed by atoms with Crippen LogP contribution in [0.2, 0.25) is 0 Å². The zero-order chi connectivity index (χ0) is 19.6. The second-order valence-electron chi connectivity index (χ2n) is 7.43. The van der Waals surface area contributed by atoms with Crippen molar-refractivity contribution in [2.24, 2.45) is 0 Å². The van der Waals surface area contributed by atoms with Gasteiger partial charge in [0.2, 0.25) is 5.95 Å². The summed E-state index contributed by atoms with van der Waals surface area (Å²) >= 11 is 1.39. The molecule has 0 bridgehead atoms. The maximum atomic E-state index is 12.7. The first-order chi connectivity index (χ1) is 13.3. The highest BCUT2D eigenvalue weighted by molar-refractivity contribution is 7.18. The molecule has 1 aromatic carbocycles. The minimum absolute atomic E-state index is 0.0470. The van der Waals surface area contributed by atoms with Gasteiger partial charge < -0.3 is 4.74 Å². The zero-order valence-electron chi connectivity index (χ0n) is 15.2. The number of aromatic nitrogens is 2. The van der Waals surface area contributed by atoms with Crippen LogP contribution in [0.15, 0.2) is 29.1 Å². The molecule has 0 saturated heterocycles. The fraction of sp³-hybridized carbons (Fsp3) is 0.263. The molecule has 3 aromatic rings. The third-order valence-corrected chi connectivity index (χ3v) is 6.05. The van der Waals surface area contributed by atoms with Crippen molar-refractivity contribution in [1.82, 2.24) is 15.0 Å². The summed E-state index contributed by atoms with van der Waals surface area (Å²) in [5, 5.41) is 1.42. The first kappa shape index (κ1) is 17.1. The molecule has 0 aliphatic carbocycles. The van der Waals surface area contributed by atoms with Crippen molar-refractivity contribution in [2.45, 2.75) is 32.5 Å². The Balaban J connectivity index is 1.53. The van der Waals surface area contributed by atoms with E-state index in [0.717, 1.165) is 15.4 Å². The van der Waals surface area contributed by atoms with Gasteiger partial charge in [0.25, 0.3) is 17.4 Å². The number of hydrazine groups is 1. The van der Waals surface area contributed by atoms with E-state index >= 15 is 0 Å². The number of H-pyrrole nitrogens is 1. The highest BCUT2D eigenvalue weighted by Crippen LogP contribution is 2.37. The number of thiophene rings is 1. The molecule has 0 saturated carbocycles. The summed E-state index contributed by atoms with van der Waals surface area (Å²) < 4.78 is 5.82. The highest BCUT2D eigenvalue weighted by Gasteiger charge is 2.36. The summed E-state index contributed by atoms with van der Waals surface area (Å²) in [5.74, 6) is -0.918. The van der Waals surface area contributed by atoms with E-state index in [1.54, 1.807) is 24.3 Å². The number of hydrogen-bond acceptors (Lipinski definition) is 7. The average Bonchev–Trinajstić information content (AvgIpc) is 3.12. The lowest BCUT2D eigenvalue weighted by Crippen LogP contribution is -2.36. The first-order valence-electron chi connectivity index (χ1n) is 8.77. The molecular formula is C19H16N4O4S. The summed E-state index contributed by atoms with van der Waals surface area (Å²) in [4.78, 5) is 46.4. The van der Waals surface area contributed by atoms with E-state index in [1.807, 2.05) is 13.8 Å². The predicted octanol–water partition coefficient (Wildman–Crippen LogP) is 2.46. The molecule has 0 unspecified atom stereocenters. The van der Waals surface area contributed by atoms with Crippen LogP contribution in [0.5, 0.6) is 0 Å². The van der Waals surface area contributed by atoms with Crippen LogP contribution in [0.4, 0.5) is 5.95 Å². The van der Waals surface area contributed by atoms with Gasteiger partial charge in [-0.05, 0) is 31.5 Å². The number of anilines is 1. The van der Waals surface area contributed by atoms with Gasteiger partial charge >= 0.3 is 0 Å². The monoisotopic (exact) mass is 396 g/mol. The van der Waals surface area contributed by atoms with Gasteiger partial charge in [0.1, 0.15) is 4.83 Å². The second kappa shape index (κ2) is 5.73. The molecule has 0 fully saturated rings. The fourth-order valence-electron chi connectivity index (χ4n) is 3.60. The van der Waals surface area contributed by atoms with Crippen molar-refractivity contribution in [1.29, 1.82) is 0 Å². The van der Waals surface area contributed by atoms with Crippen LogP contribution in [0.1, 0.15) is 45.0 Å². The Morgan fingerprint density at radius 3 is 2.54 bits per heavy atom. The molecule has 28 heavy (non-hydrogen) atoms. The van der Waals surface area contributed by atoms with E-state index < -0.39 is 11.8 Å². The molecule has 0 spiro atoms. The number of hydrogen-bond donors (Lipinski definition) is 2. The van der Waals surface area contributed by atoms with Crippen molar-refractivity contribution >= 4 is 39.3 Å². The minimum atomic E-state index is -0.482. The topological polar surface area (TPSA) is 104 Å². The van der Waals surface area contributed by atoms with Crippen LogP contribution in [-0.4, -0.2) is 32.4 Å². The summed E-state index contributed by atoms with van der Waals surface area (Å²) in [6.45, 7) is 4.41. The van der Waals surface area contributed by atoms with Crippen molar-refractivity contribution in [3.63, 3.8) is 0 Å². The lowest BCUT2D eigenvalue weighted by molar-refractivity contribution is -0.0379. The van der Waals surface area contributed by atoms with Crippen LogP contribution >= 0.6 is 11.3 Å². The van der Waals surface area contributed by atoms with Crippen LogP contribution in [0, 0.1) is 0 Å². The van der Waals surface area contributed by atoms with Crippen LogP contribution < -0.4 is 11.0 Å². The number of nitrogens with zero attached hydrogens (tertiary/aromatic N) is 2. The molecular weight excluding hydrogens is 380 g/mol. The first-order valence-corrected chi connectivity index (χ1v) is 9.59. The van der Waals surface area contributed by atoms with Gasteiger partial charge in [0, 0.05) is 11.3 Å². The van der Waals surface area contributed by atoms with Crippen molar-refractivity contribution in [2.75, 3.05) is 5.43 Å². The van der Waals surface area contributed by atoms with Gasteiger partial charge in [0.15, 0.2) is 0 Å². The number of benzene rings is 1. The van der Waals surface area contributed by atoms with Crippen molar-refractivity contribution < 1.29 is 14.3 Å². The van der Waals surface area contributed by atoms with Crippen LogP contribution in [0.25, 0.3) is 10.2 Å². The third-order valence-electron chi connectivity index (χ3n) is 4.95. The standard InChI is InChI=1S/C19H16N4O4S/c1-19(2)7-11-12(8-27-19)28-15-13(11)14(24)20-18(21-15)22-23-16(25)9-5-3-4-6-10(9)17(23)26/h3-6H,7-8H2,1-2H3,(H2,20,21,22,24). The number of nitrogens with one attached hydrogen (secondary N) is 2. The smallest absolute Gasteiger partial charge is 0.280 e. The Labute approximate surface area is 163 Å². The number of ether oxygens (including phenoxy) is 1. The van der Waals surface area contributed by atoms with Gasteiger partial charge in [0.05, 0.1) is 28.7 Å². The number of amides is 2. The molecule has 2 amide bonds. The maximum absolute atomic E-state index is 12.7. The highest BCUT2D eigenvalue weighted by atomic mass is 32.1. The van der Waals surface area contributed by atoms with E-state index in [0.29, 0.717) is 34.4 Å². The van der Waals surface area contributed by atoms with E-state index in [9.17, 15) is 14.4 Å². The molecule has 2 aliphatic heterocycles. The number of fused-ring (bicyclic) bond motifs is 4. The largest absolute Gasteiger partial charge is 0.370 e. The summed E-state index contributed by atoms with van der Waals surface area (Å²) in [6.07, 6.45) is 0.623. The minimum Gasteiger partial charge on any atom is -0.370 e. The number of aromatic amines is 1. The Morgan fingerprint density at radius 2 is 1.86 bits per heavy atom. The van der Waals surface area contributed by atoms with Crippen LogP contribution in [-0.2, 0) is 17.8 Å². The van der Waals surface area contributed by atoms with Crippen LogP contribution in [0.3, 0.4) is 0 Å². The normalized spacial score (nSPS) is 17.7. The van der Waals surface area contributed by atoms with Gasteiger partial charge in [-0.25, -0.2) is 4.98 Å². The predicted molar refractivity (Wildman–Crippen MR) is 103 cm³/mol. The molecule has 0 atom stereocenters. The molecule has 2 aliphatic rings. The third kappa shape index (κ3) is 2.47. The lowest BCUT2D eigenvalue weighted by atomic mass is 9.94.